The lowest BCUT2D eigenvalue weighted by molar-refractivity contribution is 0.0708. The van der Waals surface area contributed by atoms with Gasteiger partial charge in [0.2, 0.25) is 0 Å². The van der Waals surface area contributed by atoms with E-state index in [0.29, 0.717) is 27.5 Å². The maximum absolute atomic E-state index is 13.5. The molecule has 3 heterocycles. The van der Waals surface area contributed by atoms with Gasteiger partial charge in [0, 0.05) is 43.1 Å². The maximum atomic E-state index is 13.5. The Morgan fingerprint density at radius 3 is 2.71 bits per heavy atom. The van der Waals surface area contributed by atoms with Crippen LogP contribution < -0.4 is 4.90 Å². The normalized spacial score (nSPS) is 26.1. The highest BCUT2D eigenvalue weighted by Crippen LogP contribution is 2.52. The number of nitrogens with zero attached hydrogens (tertiary/aromatic N) is 4. The van der Waals surface area contributed by atoms with Crippen LogP contribution in [-0.2, 0) is 5.75 Å². The summed E-state index contributed by atoms with van der Waals surface area (Å²) in [6, 6.07) is 10.3. The van der Waals surface area contributed by atoms with E-state index in [0.717, 1.165) is 49.4 Å². The van der Waals surface area contributed by atoms with Gasteiger partial charge in [0.25, 0.3) is 5.91 Å². The van der Waals surface area contributed by atoms with Gasteiger partial charge in [0.1, 0.15) is 11.0 Å². The number of anilines is 1. The van der Waals surface area contributed by atoms with Crippen molar-refractivity contribution in [3.63, 3.8) is 0 Å². The monoisotopic (exact) mass is 498 g/mol. The molecule has 5 nitrogen and oxygen atoms in total. The molecular weight excluding hydrogens is 464 g/mol. The van der Waals surface area contributed by atoms with Crippen LogP contribution in [0.5, 0.6) is 0 Å². The number of likely N-dealkylation sites (tertiary alicyclic amines) is 1. The molecule has 2 unspecified atom stereocenters. The number of hydrogen-bond acceptors (Lipinski definition) is 5. The van der Waals surface area contributed by atoms with Crippen molar-refractivity contribution in [2.75, 3.05) is 24.5 Å². The summed E-state index contributed by atoms with van der Waals surface area (Å²) in [6.07, 6.45) is 7.08. The van der Waals surface area contributed by atoms with Crippen molar-refractivity contribution in [2.45, 2.75) is 76.2 Å². The van der Waals surface area contributed by atoms with Crippen LogP contribution in [0, 0.1) is 10.8 Å². The standard InChI is InChI=1S/C27H35ClN4OS/c1-26(2)14-21-15-27(3,17-26)18-32(21)24(33)20-9-7-8-19(12-20)16-34-25-29-22(28)13-23(30-25)31-10-5-4-6-11-31/h7-9,12-13,21H,4-6,10-11,14-18H2,1-3H3. The Kier molecular flexibility index (Phi) is 6.58. The van der Waals surface area contributed by atoms with Crippen molar-refractivity contribution in [3.05, 3.63) is 46.6 Å². The predicted octanol–water partition coefficient (Wildman–Crippen LogP) is 6.45. The number of halogens is 1. The average Bonchev–Trinajstić information content (AvgIpc) is 3.06. The lowest BCUT2D eigenvalue weighted by Gasteiger charge is -2.39. The van der Waals surface area contributed by atoms with Crippen molar-refractivity contribution in [2.24, 2.45) is 10.8 Å². The lowest BCUT2D eigenvalue weighted by Crippen LogP contribution is -2.37. The SMILES string of the molecule is CC1(C)CC2CC(C)(CN2C(=O)c2cccc(CSc3nc(Cl)cc(N4CCCCC4)n3)c2)C1. The van der Waals surface area contributed by atoms with Gasteiger partial charge in [-0.1, -0.05) is 56.3 Å². The van der Waals surface area contributed by atoms with E-state index < -0.39 is 0 Å². The zero-order valence-electron chi connectivity index (χ0n) is 20.5. The molecule has 1 aliphatic carbocycles. The highest BCUT2D eigenvalue weighted by atomic mass is 35.5. The molecule has 34 heavy (non-hydrogen) atoms. The highest BCUT2D eigenvalue weighted by Gasteiger charge is 2.51. The molecule has 0 spiro atoms. The average molecular weight is 499 g/mol. The first kappa shape index (κ1) is 23.9. The van der Waals surface area contributed by atoms with Crippen LogP contribution in [0.1, 0.15) is 75.2 Å². The van der Waals surface area contributed by atoms with Crippen LogP contribution in [0.2, 0.25) is 5.15 Å². The van der Waals surface area contributed by atoms with Gasteiger partial charge in [-0.2, -0.15) is 0 Å². The fourth-order valence-electron chi connectivity index (χ4n) is 6.54. The molecule has 5 rings (SSSR count). The van der Waals surface area contributed by atoms with E-state index in [2.05, 4.69) is 41.6 Å². The van der Waals surface area contributed by atoms with Crippen LogP contribution in [-0.4, -0.2) is 46.5 Å². The van der Waals surface area contributed by atoms with Crippen LogP contribution in [0.3, 0.4) is 0 Å². The predicted molar refractivity (Wildman–Crippen MR) is 140 cm³/mol. The van der Waals surface area contributed by atoms with Crippen LogP contribution in [0.4, 0.5) is 5.82 Å². The molecule has 1 aromatic carbocycles. The van der Waals surface area contributed by atoms with Gasteiger partial charge in [0.15, 0.2) is 5.16 Å². The third-order valence-electron chi connectivity index (χ3n) is 7.56. The Labute approximate surface area is 212 Å². The number of hydrogen-bond donors (Lipinski definition) is 0. The molecule has 0 radical (unpaired) electrons. The maximum Gasteiger partial charge on any atom is 0.254 e. The van der Waals surface area contributed by atoms with E-state index in [-0.39, 0.29) is 11.3 Å². The Bertz CT molecular complexity index is 1070. The molecule has 2 aromatic rings. The summed E-state index contributed by atoms with van der Waals surface area (Å²) in [5.74, 6) is 1.79. The fraction of sp³-hybridized carbons (Fsp3) is 0.593. The zero-order valence-corrected chi connectivity index (χ0v) is 22.1. The molecule has 1 aromatic heterocycles. The summed E-state index contributed by atoms with van der Waals surface area (Å²) in [5, 5.41) is 1.17. The molecular formula is C27H35ClN4OS. The molecule has 3 fully saturated rings. The van der Waals surface area contributed by atoms with Crippen molar-refractivity contribution in [1.29, 1.82) is 0 Å². The Hall–Kier alpha value is -1.79. The van der Waals surface area contributed by atoms with Gasteiger partial charge >= 0.3 is 0 Å². The zero-order chi connectivity index (χ0) is 23.9. The molecule has 0 N–H and O–H groups in total. The van der Waals surface area contributed by atoms with E-state index >= 15 is 0 Å². The number of piperidine rings is 1. The summed E-state index contributed by atoms with van der Waals surface area (Å²) in [4.78, 5) is 27.2. The van der Waals surface area contributed by atoms with E-state index in [1.165, 1.54) is 25.7 Å². The third-order valence-corrected chi connectivity index (χ3v) is 8.67. The van der Waals surface area contributed by atoms with Crippen LogP contribution >= 0.6 is 23.4 Å². The van der Waals surface area contributed by atoms with E-state index in [1.807, 2.05) is 24.3 Å². The minimum Gasteiger partial charge on any atom is -0.356 e. The first-order valence-corrected chi connectivity index (χ1v) is 13.9. The van der Waals surface area contributed by atoms with E-state index in [9.17, 15) is 4.79 Å². The molecule has 2 aliphatic heterocycles. The second-order valence-electron chi connectivity index (χ2n) is 11.5. The number of amides is 1. The third kappa shape index (κ3) is 5.23. The summed E-state index contributed by atoms with van der Waals surface area (Å²) in [5.41, 5.74) is 2.43. The smallest absolute Gasteiger partial charge is 0.254 e. The van der Waals surface area contributed by atoms with Crippen molar-refractivity contribution < 1.29 is 4.79 Å². The van der Waals surface area contributed by atoms with Crippen molar-refractivity contribution >= 4 is 35.1 Å². The van der Waals surface area contributed by atoms with Gasteiger partial charge in [-0.05, 0) is 67.1 Å². The van der Waals surface area contributed by atoms with Gasteiger partial charge < -0.3 is 9.80 Å². The van der Waals surface area contributed by atoms with Crippen LogP contribution in [0.15, 0.2) is 35.5 Å². The molecule has 2 bridgehead atoms. The number of thioether (sulfide) groups is 1. The summed E-state index contributed by atoms with van der Waals surface area (Å²) >= 11 is 7.90. The molecule has 1 saturated carbocycles. The minimum atomic E-state index is 0.171. The molecule has 1 amide bonds. The summed E-state index contributed by atoms with van der Waals surface area (Å²) < 4.78 is 0. The number of benzene rings is 1. The number of fused-ring (bicyclic) bond motifs is 2. The summed E-state index contributed by atoms with van der Waals surface area (Å²) in [6.45, 7) is 9.96. The van der Waals surface area contributed by atoms with Gasteiger partial charge in [-0.15, -0.1) is 0 Å². The lowest BCUT2D eigenvalue weighted by atomic mass is 9.65. The molecule has 7 heteroatoms. The van der Waals surface area contributed by atoms with Crippen molar-refractivity contribution in [1.82, 2.24) is 14.9 Å². The second kappa shape index (κ2) is 9.34. The quantitative estimate of drug-likeness (QED) is 0.269. The number of aromatic nitrogens is 2. The Morgan fingerprint density at radius 2 is 1.91 bits per heavy atom. The van der Waals surface area contributed by atoms with Gasteiger partial charge in [-0.3, -0.25) is 4.79 Å². The Morgan fingerprint density at radius 1 is 1.12 bits per heavy atom. The largest absolute Gasteiger partial charge is 0.356 e. The summed E-state index contributed by atoms with van der Waals surface area (Å²) in [7, 11) is 0. The topological polar surface area (TPSA) is 49.3 Å². The van der Waals surface area contributed by atoms with Crippen molar-refractivity contribution in [3.8, 4) is 0 Å². The molecule has 2 saturated heterocycles. The fourth-order valence-corrected chi connectivity index (χ4v) is 7.56. The number of rotatable bonds is 5. The van der Waals surface area contributed by atoms with Crippen LogP contribution in [0.25, 0.3) is 0 Å². The molecule has 3 aliphatic rings. The van der Waals surface area contributed by atoms with Gasteiger partial charge in [0.05, 0.1) is 0 Å². The van der Waals surface area contributed by atoms with E-state index in [4.69, 9.17) is 16.6 Å². The minimum absolute atomic E-state index is 0.171. The molecule has 2 atom stereocenters. The second-order valence-corrected chi connectivity index (χ2v) is 12.8. The molecule has 182 valence electrons. The first-order valence-electron chi connectivity index (χ1n) is 12.5. The van der Waals surface area contributed by atoms with E-state index in [1.54, 1.807) is 11.8 Å². The first-order chi connectivity index (χ1) is 16.2. The number of carbonyl (C=O) groups is 1. The number of carbonyl (C=O) groups excluding carboxylic acids is 1. The highest BCUT2D eigenvalue weighted by molar-refractivity contribution is 7.98. The Balaban J connectivity index is 1.27. The van der Waals surface area contributed by atoms with Gasteiger partial charge in [-0.25, -0.2) is 9.97 Å².